The van der Waals surface area contributed by atoms with E-state index in [1.54, 1.807) is 17.0 Å². The number of fused-ring (bicyclic) bond motifs is 1. The molecule has 1 N–H and O–H groups in total. The number of hydrogen-bond acceptors (Lipinski definition) is 4. The van der Waals surface area contributed by atoms with Crippen molar-refractivity contribution in [1.82, 2.24) is 4.90 Å². The molecule has 0 radical (unpaired) electrons. The summed E-state index contributed by atoms with van der Waals surface area (Å²) in [7, 11) is 4.09. The second-order valence-electron chi connectivity index (χ2n) is 9.25. The largest absolute Gasteiger partial charge is 0.868 e. The van der Waals surface area contributed by atoms with Crippen molar-refractivity contribution < 1.29 is 24.0 Å². The smallest absolute Gasteiger partial charge is 0.239 e. The number of amides is 1. The molecule has 1 atom stereocenters. The number of benzene rings is 2. The Morgan fingerprint density at radius 2 is 1.82 bits per heavy atom. The first-order valence-electron chi connectivity index (χ1n) is 11.4. The summed E-state index contributed by atoms with van der Waals surface area (Å²) in [4.78, 5) is 29.4. The molecule has 1 aliphatic heterocycles. The molecular formula is C27H30N2O4. The molecule has 1 aliphatic rings. The van der Waals surface area contributed by atoms with Crippen molar-refractivity contribution in [1.29, 1.82) is 0 Å². The van der Waals surface area contributed by atoms with Crippen LogP contribution in [0.1, 0.15) is 53.9 Å². The first-order chi connectivity index (χ1) is 15.8. The highest BCUT2D eigenvalue weighted by atomic mass is 16.3. The molecule has 1 aromatic heterocycles. The SMILES string of the molecule is CC(C)c1ccc(C2C(C(=O)c3cc4ccccc4o3)=C([O-])C(=O)N2CCC[NH+](C)C)cc1. The van der Waals surface area contributed by atoms with Gasteiger partial charge >= 0.3 is 0 Å². The average Bonchev–Trinajstić information content (AvgIpc) is 3.33. The summed E-state index contributed by atoms with van der Waals surface area (Å²) in [6, 6.07) is 16.1. The molecular weight excluding hydrogens is 416 g/mol. The first kappa shape index (κ1) is 22.8. The molecule has 172 valence electrons. The average molecular weight is 447 g/mol. The number of ketones is 1. The van der Waals surface area contributed by atoms with Gasteiger partial charge < -0.3 is 19.3 Å². The summed E-state index contributed by atoms with van der Waals surface area (Å²) in [6.45, 7) is 5.47. The zero-order valence-corrected chi connectivity index (χ0v) is 19.6. The van der Waals surface area contributed by atoms with Gasteiger partial charge in [-0.2, -0.15) is 0 Å². The van der Waals surface area contributed by atoms with Gasteiger partial charge in [-0.1, -0.05) is 56.3 Å². The standard InChI is InChI=1S/C27H30N2O4/c1-17(2)18-10-12-19(13-11-18)24-23(26(31)27(32)29(24)15-7-14-28(3)4)25(30)22-16-20-8-5-6-9-21(20)33-22/h5-6,8-13,16-17,24,31H,7,14-15H2,1-4H3. The summed E-state index contributed by atoms with van der Waals surface area (Å²) < 4.78 is 5.75. The van der Waals surface area contributed by atoms with E-state index in [4.69, 9.17) is 4.42 Å². The Hall–Kier alpha value is -3.38. The number of furan rings is 1. The van der Waals surface area contributed by atoms with Crippen LogP contribution in [0.15, 0.2) is 70.3 Å². The third-order valence-corrected chi connectivity index (χ3v) is 6.17. The maximum absolute atomic E-state index is 13.5. The lowest BCUT2D eigenvalue weighted by atomic mass is 9.93. The van der Waals surface area contributed by atoms with Gasteiger partial charge in [-0.05, 0) is 34.9 Å². The Balaban J connectivity index is 1.74. The fourth-order valence-electron chi connectivity index (χ4n) is 4.34. The Labute approximate surface area is 194 Å². The summed E-state index contributed by atoms with van der Waals surface area (Å²) in [5.74, 6) is -1.46. The van der Waals surface area contributed by atoms with Gasteiger partial charge in [0.05, 0.1) is 26.7 Å². The molecule has 0 saturated heterocycles. The van der Waals surface area contributed by atoms with Crippen LogP contribution in [0.2, 0.25) is 0 Å². The summed E-state index contributed by atoms with van der Waals surface area (Å²) in [5.41, 5.74) is 2.45. The van der Waals surface area contributed by atoms with E-state index in [1.807, 2.05) is 56.6 Å². The number of Topliss-reactive ketones (excluding diaryl/α,β-unsaturated/α-hetero) is 1. The van der Waals surface area contributed by atoms with Crippen molar-refractivity contribution in [3.8, 4) is 0 Å². The number of para-hydroxylation sites is 1. The first-order valence-corrected chi connectivity index (χ1v) is 11.4. The molecule has 6 heteroatoms. The fraction of sp³-hybridized carbons (Fsp3) is 0.333. The maximum atomic E-state index is 13.5. The molecule has 4 rings (SSSR count). The maximum Gasteiger partial charge on any atom is 0.239 e. The summed E-state index contributed by atoms with van der Waals surface area (Å²) in [5, 5.41) is 13.9. The van der Waals surface area contributed by atoms with Crippen LogP contribution < -0.4 is 10.0 Å². The van der Waals surface area contributed by atoms with E-state index in [9.17, 15) is 14.7 Å². The summed E-state index contributed by atoms with van der Waals surface area (Å²) in [6.07, 6.45) is 0.730. The number of carbonyl (C=O) groups is 2. The molecule has 33 heavy (non-hydrogen) atoms. The summed E-state index contributed by atoms with van der Waals surface area (Å²) >= 11 is 0. The van der Waals surface area contributed by atoms with Crippen LogP contribution in [0.5, 0.6) is 0 Å². The lowest BCUT2D eigenvalue weighted by Crippen LogP contribution is -3.05. The molecule has 6 nitrogen and oxygen atoms in total. The van der Waals surface area contributed by atoms with Gasteiger partial charge in [-0.25, -0.2) is 0 Å². The minimum atomic E-state index is -0.740. The van der Waals surface area contributed by atoms with Crippen LogP contribution in [0.25, 0.3) is 11.0 Å². The monoisotopic (exact) mass is 446 g/mol. The Morgan fingerprint density at radius 3 is 2.45 bits per heavy atom. The van der Waals surface area contributed by atoms with E-state index in [-0.39, 0.29) is 11.3 Å². The van der Waals surface area contributed by atoms with Crippen LogP contribution in [0, 0.1) is 0 Å². The molecule has 0 bridgehead atoms. The van der Waals surface area contributed by atoms with Crippen LogP contribution in [-0.2, 0) is 4.79 Å². The Morgan fingerprint density at radius 1 is 1.12 bits per heavy atom. The fourth-order valence-corrected chi connectivity index (χ4v) is 4.34. The molecule has 0 spiro atoms. The minimum absolute atomic E-state index is 0.0337. The second-order valence-corrected chi connectivity index (χ2v) is 9.25. The molecule has 0 saturated carbocycles. The van der Waals surface area contributed by atoms with Crippen molar-refractivity contribution in [2.24, 2.45) is 0 Å². The number of hydrogen-bond donors (Lipinski definition) is 1. The molecule has 3 aromatic rings. The quantitative estimate of drug-likeness (QED) is 0.540. The normalized spacial score (nSPS) is 16.6. The van der Waals surface area contributed by atoms with Crippen molar-refractivity contribution in [3.05, 3.63) is 82.8 Å². The zero-order valence-electron chi connectivity index (χ0n) is 19.6. The number of rotatable bonds is 8. The van der Waals surface area contributed by atoms with E-state index >= 15 is 0 Å². The van der Waals surface area contributed by atoms with Gasteiger partial charge in [0.15, 0.2) is 5.76 Å². The van der Waals surface area contributed by atoms with Crippen LogP contribution >= 0.6 is 0 Å². The molecule has 2 aromatic carbocycles. The van der Waals surface area contributed by atoms with Crippen molar-refractivity contribution >= 4 is 22.7 Å². The van der Waals surface area contributed by atoms with Gasteiger partial charge in [0.1, 0.15) is 5.58 Å². The molecule has 1 amide bonds. The van der Waals surface area contributed by atoms with Gasteiger partial charge in [-0.3, -0.25) is 9.59 Å². The second kappa shape index (κ2) is 9.24. The van der Waals surface area contributed by atoms with Crippen LogP contribution in [0.4, 0.5) is 0 Å². The Bertz CT molecular complexity index is 1170. The van der Waals surface area contributed by atoms with Crippen molar-refractivity contribution in [2.75, 3.05) is 27.2 Å². The van der Waals surface area contributed by atoms with Gasteiger partial charge in [0, 0.05) is 23.9 Å². The van der Waals surface area contributed by atoms with Crippen LogP contribution in [-0.4, -0.2) is 43.8 Å². The van der Waals surface area contributed by atoms with Gasteiger partial charge in [-0.15, -0.1) is 0 Å². The highest BCUT2D eigenvalue weighted by Crippen LogP contribution is 2.39. The third-order valence-electron chi connectivity index (χ3n) is 6.17. The highest BCUT2D eigenvalue weighted by molar-refractivity contribution is 6.15. The van der Waals surface area contributed by atoms with Crippen LogP contribution in [0.3, 0.4) is 0 Å². The molecule has 0 aliphatic carbocycles. The van der Waals surface area contributed by atoms with Gasteiger partial charge in [0.2, 0.25) is 11.7 Å². The predicted octanol–water partition coefficient (Wildman–Crippen LogP) is 2.47. The van der Waals surface area contributed by atoms with E-state index in [0.29, 0.717) is 18.0 Å². The molecule has 2 heterocycles. The van der Waals surface area contributed by atoms with E-state index in [1.165, 1.54) is 4.90 Å². The van der Waals surface area contributed by atoms with Crippen molar-refractivity contribution in [3.63, 3.8) is 0 Å². The highest BCUT2D eigenvalue weighted by Gasteiger charge is 2.40. The lowest BCUT2D eigenvalue weighted by Gasteiger charge is -2.28. The van der Waals surface area contributed by atoms with E-state index < -0.39 is 23.5 Å². The van der Waals surface area contributed by atoms with Crippen molar-refractivity contribution in [2.45, 2.75) is 32.2 Å². The number of quaternary nitrogens is 1. The predicted molar refractivity (Wildman–Crippen MR) is 125 cm³/mol. The number of nitrogens with zero attached hydrogens (tertiary/aromatic N) is 1. The molecule has 0 fully saturated rings. The lowest BCUT2D eigenvalue weighted by molar-refractivity contribution is -0.858. The zero-order chi connectivity index (χ0) is 23.7. The third kappa shape index (κ3) is 4.44. The Kier molecular flexibility index (Phi) is 6.38. The number of carbonyl (C=O) groups excluding carboxylic acids is 2. The number of nitrogens with one attached hydrogen (secondary N) is 1. The molecule has 1 unspecified atom stereocenters. The topological polar surface area (TPSA) is 78.0 Å². The van der Waals surface area contributed by atoms with E-state index in [0.717, 1.165) is 29.5 Å². The van der Waals surface area contributed by atoms with Gasteiger partial charge in [0.25, 0.3) is 0 Å². The van der Waals surface area contributed by atoms with E-state index in [2.05, 4.69) is 13.8 Å². The minimum Gasteiger partial charge on any atom is -0.868 e.